The van der Waals surface area contributed by atoms with Crippen molar-refractivity contribution in [2.24, 2.45) is 5.73 Å². The summed E-state index contributed by atoms with van der Waals surface area (Å²) in [6.45, 7) is 2.48. The molecule has 0 amide bonds. The van der Waals surface area contributed by atoms with E-state index in [-0.39, 0.29) is 12.4 Å². The lowest BCUT2D eigenvalue weighted by Crippen LogP contribution is -2.14. The maximum Gasteiger partial charge on any atom is 0.354 e. The van der Waals surface area contributed by atoms with E-state index in [0.29, 0.717) is 23.6 Å². The standard InChI is InChI=1S/C29H25N3O3/c1-2-34-29(33)27-16-20-12-13-21(28(30)31)17-26(20)32(27)18-22-15-24(35-23-9-4-3-5-10-23)14-19-8-6-7-11-25(19)22/h3-17H,2,18H2,1H3,(H3,30,31). The second kappa shape index (κ2) is 9.35. The van der Waals surface area contributed by atoms with Crippen molar-refractivity contribution in [1.82, 2.24) is 4.57 Å². The van der Waals surface area contributed by atoms with E-state index in [1.807, 2.05) is 83.4 Å². The third-order valence-corrected chi connectivity index (χ3v) is 5.93. The summed E-state index contributed by atoms with van der Waals surface area (Å²) in [4.78, 5) is 12.9. The number of ether oxygens (including phenoxy) is 2. The number of nitrogens with two attached hydrogens (primary N) is 1. The van der Waals surface area contributed by atoms with E-state index in [1.165, 1.54) is 0 Å². The summed E-state index contributed by atoms with van der Waals surface area (Å²) in [6, 6.07) is 29.1. The van der Waals surface area contributed by atoms with E-state index in [0.717, 1.165) is 33.0 Å². The summed E-state index contributed by atoms with van der Waals surface area (Å²) in [5, 5.41) is 10.8. The number of rotatable bonds is 7. The first-order valence-electron chi connectivity index (χ1n) is 11.4. The van der Waals surface area contributed by atoms with Crippen molar-refractivity contribution >= 4 is 33.5 Å². The van der Waals surface area contributed by atoms with Crippen LogP contribution < -0.4 is 10.5 Å². The molecule has 0 atom stereocenters. The van der Waals surface area contributed by atoms with Crippen molar-refractivity contribution in [2.45, 2.75) is 13.5 Å². The van der Waals surface area contributed by atoms with Gasteiger partial charge in [-0.05, 0) is 59.7 Å². The molecule has 0 radical (unpaired) electrons. The van der Waals surface area contributed by atoms with Gasteiger partial charge in [0.1, 0.15) is 23.0 Å². The van der Waals surface area contributed by atoms with Crippen LogP contribution in [0, 0.1) is 5.41 Å². The fourth-order valence-electron chi connectivity index (χ4n) is 4.31. The van der Waals surface area contributed by atoms with Gasteiger partial charge in [0.25, 0.3) is 0 Å². The van der Waals surface area contributed by atoms with Crippen LogP contribution in [0.1, 0.15) is 28.5 Å². The maximum absolute atomic E-state index is 12.9. The van der Waals surface area contributed by atoms with Gasteiger partial charge in [0, 0.05) is 23.0 Å². The third kappa shape index (κ3) is 4.46. The molecule has 35 heavy (non-hydrogen) atoms. The average Bonchev–Trinajstić information content (AvgIpc) is 3.22. The number of hydrogen-bond donors (Lipinski definition) is 2. The fraction of sp³-hybridized carbons (Fsp3) is 0.103. The molecule has 5 rings (SSSR count). The molecule has 4 aromatic carbocycles. The van der Waals surface area contributed by atoms with Crippen LogP contribution in [0.4, 0.5) is 0 Å². The predicted octanol–water partition coefficient (Wildman–Crippen LogP) is 6.10. The van der Waals surface area contributed by atoms with E-state index >= 15 is 0 Å². The topological polar surface area (TPSA) is 90.3 Å². The Balaban J connectivity index is 1.66. The van der Waals surface area contributed by atoms with Gasteiger partial charge < -0.3 is 19.8 Å². The van der Waals surface area contributed by atoms with Crippen LogP contribution in [-0.4, -0.2) is 23.0 Å². The first-order valence-corrected chi connectivity index (χ1v) is 11.4. The van der Waals surface area contributed by atoms with Crippen molar-refractivity contribution in [3.63, 3.8) is 0 Å². The molecule has 5 aromatic rings. The summed E-state index contributed by atoms with van der Waals surface area (Å²) in [6.07, 6.45) is 0. The van der Waals surface area contributed by atoms with Gasteiger partial charge in [-0.15, -0.1) is 0 Å². The summed E-state index contributed by atoms with van der Waals surface area (Å²) in [5.41, 5.74) is 8.59. The number of benzene rings is 4. The number of esters is 1. The van der Waals surface area contributed by atoms with Crippen molar-refractivity contribution < 1.29 is 14.3 Å². The van der Waals surface area contributed by atoms with Crippen LogP contribution in [0.3, 0.4) is 0 Å². The lowest BCUT2D eigenvalue weighted by molar-refractivity contribution is 0.0515. The molecule has 0 saturated carbocycles. The van der Waals surface area contributed by atoms with Crippen LogP contribution in [0.15, 0.2) is 91.0 Å². The number of fused-ring (bicyclic) bond motifs is 2. The molecule has 1 aromatic heterocycles. The van der Waals surface area contributed by atoms with Gasteiger partial charge in [-0.25, -0.2) is 4.79 Å². The minimum absolute atomic E-state index is 0.0268. The number of para-hydroxylation sites is 1. The molecular weight excluding hydrogens is 438 g/mol. The second-order valence-corrected chi connectivity index (χ2v) is 8.24. The van der Waals surface area contributed by atoms with Gasteiger partial charge >= 0.3 is 5.97 Å². The van der Waals surface area contributed by atoms with E-state index in [9.17, 15) is 4.79 Å². The van der Waals surface area contributed by atoms with Crippen LogP contribution in [0.2, 0.25) is 0 Å². The molecule has 6 heteroatoms. The molecule has 3 N–H and O–H groups in total. The first-order chi connectivity index (χ1) is 17.0. The highest BCUT2D eigenvalue weighted by atomic mass is 16.5. The minimum atomic E-state index is -0.394. The van der Waals surface area contributed by atoms with Gasteiger partial charge in [-0.3, -0.25) is 5.41 Å². The van der Waals surface area contributed by atoms with Crippen molar-refractivity contribution in [3.05, 3.63) is 108 Å². The third-order valence-electron chi connectivity index (χ3n) is 5.93. The van der Waals surface area contributed by atoms with Gasteiger partial charge in [0.2, 0.25) is 0 Å². The molecule has 0 aliphatic heterocycles. The van der Waals surface area contributed by atoms with Crippen LogP contribution in [0.25, 0.3) is 21.7 Å². The molecule has 174 valence electrons. The van der Waals surface area contributed by atoms with E-state index in [2.05, 4.69) is 6.07 Å². The van der Waals surface area contributed by atoms with Crippen LogP contribution in [-0.2, 0) is 11.3 Å². The smallest absolute Gasteiger partial charge is 0.354 e. The zero-order valence-electron chi connectivity index (χ0n) is 19.3. The maximum atomic E-state index is 12.9. The number of amidine groups is 1. The lowest BCUT2D eigenvalue weighted by atomic mass is 10.0. The zero-order valence-corrected chi connectivity index (χ0v) is 19.3. The molecule has 0 aliphatic carbocycles. The Hall–Kier alpha value is -4.58. The van der Waals surface area contributed by atoms with Gasteiger partial charge in [0.15, 0.2) is 0 Å². The van der Waals surface area contributed by atoms with Crippen LogP contribution in [0.5, 0.6) is 11.5 Å². The zero-order chi connectivity index (χ0) is 24.4. The average molecular weight is 464 g/mol. The first kappa shape index (κ1) is 22.2. The molecule has 0 spiro atoms. The fourth-order valence-corrected chi connectivity index (χ4v) is 4.31. The molecule has 6 nitrogen and oxygen atoms in total. The largest absolute Gasteiger partial charge is 0.461 e. The molecule has 0 unspecified atom stereocenters. The quantitative estimate of drug-likeness (QED) is 0.173. The summed E-state index contributed by atoms with van der Waals surface area (Å²) in [5.74, 6) is 1.04. The van der Waals surface area contributed by atoms with Crippen molar-refractivity contribution in [1.29, 1.82) is 5.41 Å². The number of aromatic nitrogens is 1. The minimum Gasteiger partial charge on any atom is -0.461 e. The number of nitrogens with one attached hydrogen (secondary N) is 1. The highest BCUT2D eigenvalue weighted by Gasteiger charge is 2.19. The summed E-state index contributed by atoms with van der Waals surface area (Å²) >= 11 is 0. The van der Waals surface area contributed by atoms with Gasteiger partial charge in [-0.1, -0.05) is 54.6 Å². The highest BCUT2D eigenvalue weighted by molar-refractivity contribution is 6.01. The summed E-state index contributed by atoms with van der Waals surface area (Å²) < 4.78 is 13.4. The molecular formula is C29H25N3O3. The van der Waals surface area contributed by atoms with Crippen molar-refractivity contribution in [2.75, 3.05) is 6.61 Å². The monoisotopic (exact) mass is 463 g/mol. The van der Waals surface area contributed by atoms with E-state index in [4.69, 9.17) is 20.6 Å². The Morgan fingerprint density at radius 1 is 0.886 bits per heavy atom. The SMILES string of the molecule is CCOC(=O)c1cc2ccc(C(=N)N)cc2n1Cc1cc(Oc2ccccc2)cc2ccccc12. The van der Waals surface area contributed by atoms with E-state index < -0.39 is 5.97 Å². The molecule has 0 saturated heterocycles. The molecule has 0 fully saturated rings. The molecule has 1 heterocycles. The highest BCUT2D eigenvalue weighted by Crippen LogP contribution is 2.31. The number of carbonyl (C=O) groups excluding carboxylic acids is 1. The Bertz CT molecular complexity index is 1550. The Labute approximate surface area is 203 Å². The predicted molar refractivity (Wildman–Crippen MR) is 138 cm³/mol. The van der Waals surface area contributed by atoms with Gasteiger partial charge in [-0.2, -0.15) is 0 Å². The second-order valence-electron chi connectivity index (χ2n) is 8.24. The van der Waals surface area contributed by atoms with Crippen LogP contribution >= 0.6 is 0 Å². The molecule has 0 bridgehead atoms. The number of nitrogens with zero attached hydrogens (tertiary/aromatic N) is 1. The van der Waals surface area contributed by atoms with E-state index in [1.54, 1.807) is 13.0 Å². The van der Waals surface area contributed by atoms with Gasteiger partial charge in [0.05, 0.1) is 6.61 Å². The normalized spacial score (nSPS) is 11.0. The lowest BCUT2D eigenvalue weighted by Gasteiger charge is -2.15. The Morgan fingerprint density at radius 2 is 1.66 bits per heavy atom. The number of carbonyl (C=O) groups is 1. The Kier molecular flexibility index (Phi) is 5.94. The van der Waals surface area contributed by atoms with Crippen molar-refractivity contribution in [3.8, 4) is 11.5 Å². The number of nitrogen functional groups attached to an aromatic ring is 1. The molecule has 0 aliphatic rings. The summed E-state index contributed by atoms with van der Waals surface area (Å²) in [7, 11) is 0. The Morgan fingerprint density at radius 3 is 2.43 bits per heavy atom. The number of hydrogen-bond acceptors (Lipinski definition) is 4.